The Morgan fingerprint density at radius 2 is 1.00 bits per heavy atom. The third kappa shape index (κ3) is 6.71. The Hall–Kier alpha value is -7.36. The van der Waals surface area contributed by atoms with E-state index in [1.807, 2.05) is 0 Å². The molecule has 0 unspecified atom stereocenters. The summed E-state index contributed by atoms with van der Waals surface area (Å²) in [4.78, 5) is 2.55. The first kappa shape index (κ1) is 37.6. The molecule has 1 radical (unpaired) electrons. The minimum absolute atomic E-state index is 0.119. The van der Waals surface area contributed by atoms with Gasteiger partial charge in [0.05, 0.1) is 0 Å². The summed E-state index contributed by atoms with van der Waals surface area (Å²) in [5, 5.41) is 11.2. The summed E-state index contributed by atoms with van der Waals surface area (Å²) in [6, 6.07) is 73.7. The molecule has 2 nitrogen and oxygen atoms in total. The van der Waals surface area contributed by atoms with Crippen LogP contribution < -0.4 is 21.1 Å². The average molecular weight is 794 g/mol. The summed E-state index contributed by atoms with van der Waals surface area (Å²) in [5.74, 6) is 0. The molecule has 0 aromatic heterocycles. The van der Waals surface area contributed by atoms with Crippen molar-refractivity contribution in [3.63, 3.8) is 0 Å². The van der Waals surface area contributed by atoms with Gasteiger partial charge < -0.3 is 10.2 Å². The zero-order valence-corrected chi connectivity index (χ0v) is 35.6. The maximum absolute atomic E-state index is 3.92. The standard InChI is InChI=1S/C59H46BN2/c1-38-22-23-46(39-14-6-5-7-15-39)36-55(38)62-56-37-45-19-11-9-17-43(45)34-53(56)60-57-52(33-47-20-12-13-21-50(47)58(57)62)51-32-42-16-8-10-18-44(42)35-54(51)61-49-30-26-41(27-31-49)40-24-28-48(29-25-40)59(2,3)4/h5-37,61H,1-4H3. The van der Waals surface area contributed by atoms with Gasteiger partial charge in [-0.25, -0.2) is 0 Å². The van der Waals surface area contributed by atoms with Gasteiger partial charge in [0.15, 0.2) is 7.28 Å². The number of hydrogen-bond donors (Lipinski definition) is 1. The number of anilines is 5. The van der Waals surface area contributed by atoms with Crippen LogP contribution in [0.2, 0.25) is 0 Å². The molecule has 0 amide bonds. The predicted octanol–water partition coefficient (Wildman–Crippen LogP) is 14.9. The van der Waals surface area contributed by atoms with Gasteiger partial charge in [0.2, 0.25) is 0 Å². The second kappa shape index (κ2) is 15.0. The zero-order valence-electron chi connectivity index (χ0n) is 35.6. The van der Waals surface area contributed by atoms with E-state index in [0.29, 0.717) is 0 Å². The Labute approximate surface area is 365 Å². The molecule has 0 fully saturated rings. The molecule has 0 saturated carbocycles. The third-order valence-corrected chi connectivity index (χ3v) is 12.7. The second-order valence-electron chi connectivity index (χ2n) is 17.8. The van der Waals surface area contributed by atoms with Crippen molar-refractivity contribution in [3.05, 3.63) is 211 Å². The van der Waals surface area contributed by atoms with E-state index in [1.54, 1.807) is 0 Å². The lowest BCUT2D eigenvalue weighted by atomic mass is 9.57. The van der Waals surface area contributed by atoms with Gasteiger partial charge in [-0.1, -0.05) is 184 Å². The molecular weight excluding hydrogens is 747 g/mol. The minimum Gasteiger partial charge on any atom is -0.355 e. The van der Waals surface area contributed by atoms with E-state index in [-0.39, 0.29) is 5.41 Å². The molecule has 1 aliphatic heterocycles. The Morgan fingerprint density at radius 1 is 0.452 bits per heavy atom. The van der Waals surface area contributed by atoms with Gasteiger partial charge in [0.1, 0.15) is 0 Å². The van der Waals surface area contributed by atoms with Crippen LogP contribution >= 0.6 is 0 Å². The zero-order chi connectivity index (χ0) is 42.0. The topological polar surface area (TPSA) is 15.3 Å². The van der Waals surface area contributed by atoms with Crippen molar-refractivity contribution in [2.45, 2.75) is 33.1 Å². The van der Waals surface area contributed by atoms with Gasteiger partial charge in [-0.3, -0.25) is 0 Å². The van der Waals surface area contributed by atoms with E-state index in [2.05, 4.69) is 245 Å². The fourth-order valence-corrected chi connectivity index (χ4v) is 9.33. The quantitative estimate of drug-likeness (QED) is 0.169. The van der Waals surface area contributed by atoms with Gasteiger partial charge in [-0.15, -0.1) is 0 Å². The molecule has 0 bridgehead atoms. The molecule has 3 heteroatoms. The van der Waals surface area contributed by atoms with Gasteiger partial charge in [-0.2, -0.15) is 0 Å². The lowest BCUT2D eigenvalue weighted by Gasteiger charge is -2.37. The van der Waals surface area contributed by atoms with Crippen molar-refractivity contribution < 1.29 is 0 Å². The number of nitrogens with one attached hydrogen (secondary N) is 1. The number of hydrogen-bond acceptors (Lipinski definition) is 2. The molecule has 10 aromatic carbocycles. The highest BCUT2D eigenvalue weighted by molar-refractivity contribution is 6.74. The fraction of sp³-hybridized carbons (Fsp3) is 0.0847. The monoisotopic (exact) mass is 793 g/mol. The van der Waals surface area contributed by atoms with Crippen molar-refractivity contribution >= 4 is 79.0 Å². The molecule has 0 aliphatic carbocycles. The molecular formula is C59H46BN2. The molecule has 0 atom stereocenters. The molecule has 11 rings (SSSR count). The van der Waals surface area contributed by atoms with E-state index in [1.165, 1.54) is 99.2 Å². The first-order valence-corrected chi connectivity index (χ1v) is 21.7. The van der Waals surface area contributed by atoms with Gasteiger partial charge in [0.25, 0.3) is 0 Å². The van der Waals surface area contributed by atoms with E-state index in [4.69, 9.17) is 0 Å². The SMILES string of the molecule is Cc1ccc(-c2ccccc2)cc1N1c2cc3ccccc3cc2[B]c2c(-c3cc4ccccc4cc3Nc3ccc(-c4ccc(C(C)(C)C)cc4)cc3)cc3ccccc3c21. The van der Waals surface area contributed by atoms with Crippen molar-refractivity contribution in [2.24, 2.45) is 0 Å². The van der Waals surface area contributed by atoms with Crippen LogP contribution in [0.25, 0.3) is 65.7 Å². The Morgan fingerprint density at radius 3 is 1.69 bits per heavy atom. The molecule has 10 aromatic rings. The van der Waals surface area contributed by atoms with Crippen molar-refractivity contribution in [1.29, 1.82) is 0 Å². The fourth-order valence-electron chi connectivity index (χ4n) is 9.33. The molecule has 0 saturated heterocycles. The summed E-state index contributed by atoms with van der Waals surface area (Å²) in [6.07, 6.45) is 0. The first-order chi connectivity index (χ1) is 30.2. The van der Waals surface area contributed by atoms with Crippen LogP contribution in [0, 0.1) is 6.92 Å². The second-order valence-corrected chi connectivity index (χ2v) is 17.8. The average Bonchev–Trinajstić information content (AvgIpc) is 3.30. The number of aryl methyl sites for hydroxylation is 1. The van der Waals surface area contributed by atoms with Crippen LogP contribution in [0.15, 0.2) is 200 Å². The molecule has 1 heterocycles. The normalized spacial score (nSPS) is 12.3. The van der Waals surface area contributed by atoms with Gasteiger partial charge in [-0.05, 0) is 126 Å². The van der Waals surface area contributed by atoms with Crippen LogP contribution in [0.3, 0.4) is 0 Å². The highest BCUT2D eigenvalue weighted by Gasteiger charge is 2.31. The van der Waals surface area contributed by atoms with Crippen LogP contribution in [0.4, 0.5) is 28.4 Å². The third-order valence-electron chi connectivity index (χ3n) is 12.7. The smallest absolute Gasteiger partial charge is 0.197 e. The predicted molar refractivity (Wildman–Crippen MR) is 268 cm³/mol. The maximum Gasteiger partial charge on any atom is 0.197 e. The lowest BCUT2D eigenvalue weighted by Crippen LogP contribution is -2.41. The van der Waals surface area contributed by atoms with Crippen molar-refractivity contribution in [3.8, 4) is 33.4 Å². The minimum atomic E-state index is 0.119. The molecule has 1 N–H and O–H groups in total. The molecule has 0 spiro atoms. The number of nitrogens with zero attached hydrogens (tertiary/aromatic N) is 1. The molecule has 62 heavy (non-hydrogen) atoms. The Balaban J connectivity index is 1.11. The lowest BCUT2D eigenvalue weighted by molar-refractivity contribution is 0.590. The summed E-state index contributed by atoms with van der Waals surface area (Å²) < 4.78 is 0. The van der Waals surface area contributed by atoms with Crippen LogP contribution in [-0.4, -0.2) is 7.28 Å². The van der Waals surface area contributed by atoms with E-state index in [9.17, 15) is 0 Å². The molecule has 1 aliphatic rings. The van der Waals surface area contributed by atoms with Crippen molar-refractivity contribution in [2.75, 3.05) is 10.2 Å². The summed E-state index contributed by atoms with van der Waals surface area (Å²) in [6.45, 7) is 9.03. The van der Waals surface area contributed by atoms with Gasteiger partial charge in [0, 0.05) is 39.4 Å². The van der Waals surface area contributed by atoms with Crippen molar-refractivity contribution in [1.82, 2.24) is 0 Å². The van der Waals surface area contributed by atoms with Gasteiger partial charge >= 0.3 is 0 Å². The largest absolute Gasteiger partial charge is 0.355 e. The Kier molecular flexibility index (Phi) is 9.09. The first-order valence-electron chi connectivity index (χ1n) is 21.7. The van der Waals surface area contributed by atoms with E-state index < -0.39 is 0 Å². The highest BCUT2D eigenvalue weighted by atomic mass is 15.2. The Bertz CT molecular complexity index is 3320. The number of benzene rings is 10. The maximum atomic E-state index is 3.92. The van der Waals surface area contributed by atoms with Crippen LogP contribution in [0.1, 0.15) is 31.9 Å². The molecule has 295 valence electrons. The summed E-state index contributed by atoms with van der Waals surface area (Å²) >= 11 is 0. The summed E-state index contributed by atoms with van der Waals surface area (Å²) in [7, 11) is 2.43. The van der Waals surface area contributed by atoms with Crippen LogP contribution in [0.5, 0.6) is 0 Å². The number of rotatable bonds is 6. The van der Waals surface area contributed by atoms with E-state index >= 15 is 0 Å². The summed E-state index contributed by atoms with van der Waals surface area (Å²) in [5.41, 5.74) is 17.9. The van der Waals surface area contributed by atoms with Crippen LogP contribution in [-0.2, 0) is 5.41 Å². The number of fused-ring (bicyclic) bond motifs is 6. The highest BCUT2D eigenvalue weighted by Crippen LogP contribution is 2.46. The van der Waals surface area contributed by atoms with E-state index in [0.717, 1.165) is 16.9 Å².